The van der Waals surface area contributed by atoms with Crippen molar-refractivity contribution in [3.63, 3.8) is 0 Å². The van der Waals surface area contributed by atoms with Gasteiger partial charge in [0.1, 0.15) is 6.61 Å². The molecule has 0 bridgehead atoms. The predicted molar refractivity (Wildman–Crippen MR) is 126 cm³/mol. The summed E-state index contributed by atoms with van der Waals surface area (Å²) in [6.07, 6.45) is -0.331. The number of carbonyl (C=O) groups excluding carboxylic acids is 1. The van der Waals surface area contributed by atoms with E-state index in [1.165, 1.54) is 11.1 Å². The average molecular weight is 424 g/mol. The molecule has 31 heavy (non-hydrogen) atoms. The Bertz CT molecular complexity index is 804. The molecule has 168 valence electrons. The lowest BCUT2D eigenvalue weighted by molar-refractivity contribution is 0.0219. The molecule has 1 aliphatic rings. The number of nitrogens with zero attached hydrogens (tertiary/aromatic N) is 2. The molecule has 5 nitrogen and oxygen atoms in total. The molecular weight excluding hydrogens is 386 g/mol. The summed E-state index contributed by atoms with van der Waals surface area (Å²) < 4.78 is 5.70. The highest BCUT2D eigenvalue weighted by molar-refractivity contribution is 5.67. The van der Waals surface area contributed by atoms with Crippen LogP contribution in [0.15, 0.2) is 60.7 Å². The van der Waals surface area contributed by atoms with E-state index in [1.54, 1.807) is 0 Å². The van der Waals surface area contributed by atoms with Crippen molar-refractivity contribution in [3.8, 4) is 0 Å². The number of hydrogen-bond acceptors (Lipinski definition) is 4. The zero-order valence-corrected chi connectivity index (χ0v) is 19.4. The van der Waals surface area contributed by atoms with Gasteiger partial charge in [0.25, 0.3) is 0 Å². The lowest BCUT2D eigenvalue weighted by Crippen LogP contribution is -2.54. The Morgan fingerprint density at radius 2 is 1.58 bits per heavy atom. The maximum Gasteiger partial charge on any atom is 0.407 e. The number of rotatable bonds is 7. The monoisotopic (exact) mass is 423 g/mol. The van der Waals surface area contributed by atoms with E-state index < -0.39 is 0 Å². The Hall–Kier alpha value is -2.37. The van der Waals surface area contributed by atoms with Gasteiger partial charge in [0.2, 0.25) is 0 Å². The number of piperazine rings is 1. The molecular formula is C26H37N3O2. The summed E-state index contributed by atoms with van der Waals surface area (Å²) in [5, 5.41) is 2.98. The molecule has 1 amide bonds. The lowest BCUT2D eigenvalue weighted by atomic mass is 9.88. The van der Waals surface area contributed by atoms with Crippen LogP contribution < -0.4 is 5.32 Å². The summed E-state index contributed by atoms with van der Waals surface area (Å²) in [4.78, 5) is 17.3. The molecule has 2 atom stereocenters. The lowest BCUT2D eigenvalue weighted by Gasteiger charge is -2.41. The van der Waals surface area contributed by atoms with Gasteiger partial charge in [-0.05, 0) is 23.5 Å². The minimum absolute atomic E-state index is 0.00428. The standard InChI is InChI=1S/C26H37N3O2/c1-21(26(2,3)4)27-25(30)31-20-24-19-28(17-22-11-7-5-8-12-22)15-16-29(24)18-23-13-9-6-10-14-23/h5-14,21,24H,15-20H2,1-4H3,(H,27,30). The second kappa shape index (κ2) is 10.8. The first-order chi connectivity index (χ1) is 14.8. The third kappa shape index (κ3) is 7.37. The molecule has 0 saturated carbocycles. The van der Waals surface area contributed by atoms with Gasteiger partial charge in [-0.2, -0.15) is 0 Å². The van der Waals surface area contributed by atoms with E-state index in [1.807, 2.05) is 13.0 Å². The van der Waals surface area contributed by atoms with Gasteiger partial charge in [-0.25, -0.2) is 4.79 Å². The number of ether oxygens (including phenoxy) is 1. The van der Waals surface area contributed by atoms with Crippen LogP contribution in [0.1, 0.15) is 38.8 Å². The maximum atomic E-state index is 12.4. The summed E-state index contributed by atoms with van der Waals surface area (Å²) >= 11 is 0. The van der Waals surface area contributed by atoms with Crippen LogP contribution in [0.4, 0.5) is 4.79 Å². The molecule has 1 fully saturated rings. The number of benzene rings is 2. The average Bonchev–Trinajstić information content (AvgIpc) is 2.74. The number of carbonyl (C=O) groups is 1. The van der Waals surface area contributed by atoms with Crippen molar-refractivity contribution in [2.75, 3.05) is 26.2 Å². The fourth-order valence-electron chi connectivity index (χ4n) is 3.73. The molecule has 3 rings (SSSR count). The number of nitrogens with one attached hydrogen (secondary N) is 1. The normalized spacial score (nSPS) is 19.0. The van der Waals surface area contributed by atoms with Crippen LogP contribution in [0, 0.1) is 5.41 Å². The van der Waals surface area contributed by atoms with Gasteiger partial charge >= 0.3 is 6.09 Å². The summed E-state index contributed by atoms with van der Waals surface area (Å²) in [6.45, 7) is 13.4. The fraction of sp³-hybridized carbons (Fsp3) is 0.500. The zero-order valence-electron chi connectivity index (χ0n) is 19.4. The Labute approximate surface area is 187 Å². The van der Waals surface area contributed by atoms with Gasteiger partial charge in [-0.15, -0.1) is 0 Å². The van der Waals surface area contributed by atoms with E-state index >= 15 is 0 Å². The van der Waals surface area contributed by atoms with Crippen molar-refractivity contribution in [1.29, 1.82) is 0 Å². The Morgan fingerprint density at radius 3 is 2.16 bits per heavy atom. The largest absolute Gasteiger partial charge is 0.448 e. The van der Waals surface area contributed by atoms with E-state index in [2.05, 4.69) is 90.5 Å². The number of hydrogen-bond donors (Lipinski definition) is 1. The van der Waals surface area contributed by atoms with Gasteiger partial charge < -0.3 is 10.1 Å². The molecule has 2 aromatic rings. The summed E-state index contributed by atoms with van der Waals surface area (Å²) in [5.41, 5.74) is 2.60. The second-order valence-corrected chi connectivity index (χ2v) is 9.66. The molecule has 2 aromatic carbocycles. The minimum atomic E-state index is -0.331. The molecule has 0 radical (unpaired) electrons. The van der Waals surface area contributed by atoms with Crippen molar-refractivity contribution >= 4 is 6.09 Å². The summed E-state index contributed by atoms with van der Waals surface area (Å²) in [5.74, 6) is 0. The second-order valence-electron chi connectivity index (χ2n) is 9.66. The quantitative estimate of drug-likeness (QED) is 0.710. The van der Waals surface area contributed by atoms with Crippen LogP contribution in [0.3, 0.4) is 0 Å². The van der Waals surface area contributed by atoms with Crippen molar-refractivity contribution in [2.24, 2.45) is 5.41 Å². The Kier molecular flexibility index (Phi) is 8.10. The molecule has 1 heterocycles. The molecule has 0 spiro atoms. The molecule has 0 aromatic heterocycles. The van der Waals surface area contributed by atoms with Gasteiger partial charge in [-0.1, -0.05) is 81.4 Å². The maximum absolute atomic E-state index is 12.4. The summed E-state index contributed by atoms with van der Waals surface area (Å²) in [7, 11) is 0. The summed E-state index contributed by atoms with van der Waals surface area (Å²) in [6, 6.07) is 21.3. The molecule has 5 heteroatoms. The minimum Gasteiger partial charge on any atom is -0.448 e. The third-order valence-corrected chi connectivity index (χ3v) is 6.21. The predicted octanol–water partition coefficient (Wildman–Crippen LogP) is 4.53. The number of amides is 1. The SMILES string of the molecule is CC(NC(=O)OCC1CN(Cc2ccccc2)CCN1Cc1ccccc1)C(C)(C)C. The van der Waals surface area contributed by atoms with Gasteiger partial charge in [0, 0.05) is 38.8 Å². The van der Waals surface area contributed by atoms with E-state index in [4.69, 9.17) is 4.74 Å². The van der Waals surface area contributed by atoms with E-state index in [0.29, 0.717) is 6.61 Å². The van der Waals surface area contributed by atoms with Crippen LogP contribution >= 0.6 is 0 Å². The molecule has 1 aliphatic heterocycles. The molecule has 1 saturated heterocycles. The van der Waals surface area contributed by atoms with Crippen LogP contribution in [0.2, 0.25) is 0 Å². The highest BCUT2D eigenvalue weighted by atomic mass is 16.5. The first kappa shape index (κ1) is 23.3. The van der Waals surface area contributed by atoms with Crippen LogP contribution in [0.5, 0.6) is 0 Å². The number of alkyl carbamates (subject to hydrolysis) is 1. The van der Waals surface area contributed by atoms with Crippen molar-refractivity contribution in [3.05, 3.63) is 71.8 Å². The van der Waals surface area contributed by atoms with Crippen LogP contribution in [-0.2, 0) is 17.8 Å². The van der Waals surface area contributed by atoms with E-state index in [-0.39, 0.29) is 23.6 Å². The zero-order chi connectivity index (χ0) is 22.3. The Balaban J connectivity index is 1.61. The third-order valence-electron chi connectivity index (χ3n) is 6.21. The molecule has 0 aliphatic carbocycles. The highest BCUT2D eigenvalue weighted by Gasteiger charge is 2.29. The first-order valence-electron chi connectivity index (χ1n) is 11.3. The van der Waals surface area contributed by atoms with Crippen LogP contribution in [-0.4, -0.2) is 54.2 Å². The van der Waals surface area contributed by atoms with Crippen molar-refractivity contribution in [2.45, 2.75) is 52.9 Å². The van der Waals surface area contributed by atoms with Crippen molar-refractivity contribution in [1.82, 2.24) is 15.1 Å². The van der Waals surface area contributed by atoms with Gasteiger partial charge in [0.05, 0.1) is 6.04 Å². The Morgan fingerprint density at radius 1 is 1.00 bits per heavy atom. The smallest absolute Gasteiger partial charge is 0.407 e. The highest BCUT2D eigenvalue weighted by Crippen LogP contribution is 2.19. The van der Waals surface area contributed by atoms with E-state index in [9.17, 15) is 4.79 Å². The van der Waals surface area contributed by atoms with Gasteiger partial charge in [0.15, 0.2) is 0 Å². The fourth-order valence-corrected chi connectivity index (χ4v) is 3.73. The molecule has 2 unspecified atom stereocenters. The first-order valence-corrected chi connectivity index (χ1v) is 11.3. The van der Waals surface area contributed by atoms with Gasteiger partial charge in [-0.3, -0.25) is 9.80 Å². The topological polar surface area (TPSA) is 44.8 Å². The van der Waals surface area contributed by atoms with E-state index in [0.717, 1.165) is 32.7 Å². The van der Waals surface area contributed by atoms with Crippen molar-refractivity contribution < 1.29 is 9.53 Å². The van der Waals surface area contributed by atoms with Crippen LogP contribution in [0.25, 0.3) is 0 Å². The molecule has 1 N–H and O–H groups in total.